The van der Waals surface area contributed by atoms with Crippen LogP contribution in [0.25, 0.3) is 0 Å². The van der Waals surface area contributed by atoms with Gasteiger partial charge < -0.3 is 9.53 Å². The molecule has 0 spiro atoms. The summed E-state index contributed by atoms with van der Waals surface area (Å²) < 4.78 is 4.71. The van der Waals surface area contributed by atoms with Crippen molar-refractivity contribution in [2.24, 2.45) is 5.41 Å². The average molecular weight is 210 g/mol. The van der Waals surface area contributed by atoms with Crippen LogP contribution in [0.5, 0.6) is 0 Å². The smallest absolute Gasteiger partial charge is 0.333 e. The molecule has 15 heavy (non-hydrogen) atoms. The highest BCUT2D eigenvalue weighted by Crippen LogP contribution is 2.37. The third kappa shape index (κ3) is 3.18. The second-order valence-corrected chi connectivity index (χ2v) is 4.37. The molecular formula is C12H18O3. The average Bonchev–Trinajstić information content (AvgIpc) is 2.25. The van der Waals surface area contributed by atoms with Gasteiger partial charge in [-0.05, 0) is 31.1 Å². The largest absolute Gasteiger partial charge is 0.466 e. The molecule has 0 N–H and O–H groups in total. The lowest BCUT2D eigenvalue weighted by Crippen LogP contribution is -2.21. The molecule has 0 aromatic heterocycles. The van der Waals surface area contributed by atoms with E-state index in [9.17, 15) is 9.59 Å². The fraction of sp³-hybridized carbons (Fsp3) is 0.667. The number of rotatable bonds is 4. The minimum Gasteiger partial charge on any atom is -0.466 e. The number of carbonyl (C=O) groups excluding carboxylic acids is 2. The number of hydrogen-bond acceptors (Lipinski definition) is 3. The first-order valence-corrected chi connectivity index (χ1v) is 5.35. The lowest BCUT2D eigenvalue weighted by atomic mass is 9.75. The lowest BCUT2D eigenvalue weighted by molar-refractivity contribution is -0.136. The highest BCUT2D eigenvalue weighted by atomic mass is 16.5. The molecule has 1 aliphatic rings. The topological polar surface area (TPSA) is 43.4 Å². The van der Waals surface area contributed by atoms with Gasteiger partial charge in [0.1, 0.15) is 6.29 Å². The molecule has 0 amide bonds. The lowest BCUT2D eigenvalue weighted by Gasteiger charge is -2.30. The van der Waals surface area contributed by atoms with Crippen molar-refractivity contribution in [2.75, 3.05) is 7.11 Å². The summed E-state index contributed by atoms with van der Waals surface area (Å²) in [6.45, 7) is 2.10. The van der Waals surface area contributed by atoms with Crippen molar-refractivity contribution in [3.8, 4) is 0 Å². The first kappa shape index (κ1) is 12.0. The van der Waals surface area contributed by atoms with Crippen molar-refractivity contribution < 1.29 is 14.3 Å². The second kappa shape index (κ2) is 5.10. The number of methoxy groups -OCH3 is 1. The fourth-order valence-corrected chi connectivity index (χ4v) is 2.13. The van der Waals surface area contributed by atoms with E-state index in [1.807, 2.05) is 6.08 Å². The molecule has 1 rings (SSSR count). The first-order valence-electron chi connectivity index (χ1n) is 5.35. The van der Waals surface area contributed by atoms with E-state index in [0.717, 1.165) is 37.5 Å². The molecule has 1 unspecified atom stereocenters. The van der Waals surface area contributed by atoms with Gasteiger partial charge in [0.2, 0.25) is 0 Å². The molecule has 3 heteroatoms. The minimum atomic E-state index is -0.230. The van der Waals surface area contributed by atoms with E-state index in [4.69, 9.17) is 4.74 Å². The van der Waals surface area contributed by atoms with E-state index < -0.39 is 0 Å². The summed E-state index contributed by atoms with van der Waals surface area (Å²) in [6, 6.07) is 0. The van der Waals surface area contributed by atoms with Crippen molar-refractivity contribution in [2.45, 2.75) is 39.0 Å². The molecule has 0 fully saturated rings. The van der Waals surface area contributed by atoms with Gasteiger partial charge in [-0.1, -0.05) is 13.0 Å². The maximum atomic E-state index is 11.4. The first-order chi connectivity index (χ1) is 7.11. The summed E-state index contributed by atoms with van der Waals surface area (Å²) in [5.41, 5.74) is 0.750. The molecule has 1 aliphatic carbocycles. The van der Waals surface area contributed by atoms with Gasteiger partial charge in [-0.3, -0.25) is 0 Å². The molecule has 1 atom stereocenters. The highest BCUT2D eigenvalue weighted by molar-refractivity contribution is 5.88. The Morgan fingerprint density at radius 1 is 1.67 bits per heavy atom. The van der Waals surface area contributed by atoms with Crippen LogP contribution < -0.4 is 0 Å². The monoisotopic (exact) mass is 210 g/mol. The van der Waals surface area contributed by atoms with Crippen LogP contribution in [-0.4, -0.2) is 19.4 Å². The minimum absolute atomic E-state index is 0.0112. The Kier molecular flexibility index (Phi) is 4.06. The predicted octanol–water partition coefficient (Wildman–Crippen LogP) is 2.26. The SMILES string of the molecule is COC(=O)C1=CC(C)(CCC=O)CCC1. The Hall–Kier alpha value is -1.12. The summed E-state index contributed by atoms with van der Waals surface area (Å²) >= 11 is 0. The van der Waals surface area contributed by atoms with Gasteiger partial charge in [-0.2, -0.15) is 0 Å². The zero-order valence-corrected chi connectivity index (χ0v) is 9.41. The predicted molar refractivity (Wildman–Crippen MR) is 57.4 cm³/mol. The quantitative estimate of drug-likeness (QED) is 0.528. The van der Waals surface area contributed by atoms with Crippen LogP contribution in [0.3, 0.4) is 0 Å². The molecule has 0 aromatic carbocycles. The number of allylic oxidation sites excluding steroid dienone is 1. The zero-order valence-electron chi connectivity index (χ0n) is 9.41. The summed E-state index contributed by atoms with van der Waals surface area (Å²) in [7, 11) is 1.40. The summed E-state index contributed by atoms with van der Waals surface area (Å²) in [4.78, 5) is 21.7. The molecular weight excluding hydrogens is 192 g/mol. The van der Waals surface area contributed by atoms with Gasteiger partial charge in [-0.25, -0.2) is 4.79 Å². The summed E-state index contributed by atoms with van der Waals surface area (Å²) in [6.07, 6.45) is 7.14. The summed E-state index contributed by atoms with van der Waals surface area (Å²) in [5.74, 6) is -0.230. The van der Waals surface area contributed by atoms with Gasteiger partial charge in [0.15, 0.2) is 0 Å². The summed E-state index contributed by atoms with van der Waals surface area (Å²) in [5, 5.41) is 0. The van der Waals surface area contributed by atoms with E-state index in [1.165, 1.54) is 7.11 Å². The van der Waals surface area contributed by atoms with Crippen molar-refractivity contribution in [3.63, 3.8) is 0 Å². The Labute approximate surface area is 90.5 Å². The van der Waals surface area contributed by atoms with Crippen LogP contribution in [0.1, 0.15) is 39.0 Å². The molecule has 0 aliphatic heterocycles. The van der Waals surface area contributed by atoms with E-state index in [-0.39, 0.29) is 11.4 Å². The van der Waals surface area contributed by atoms with E-state index in [1.54, 1.807) is 0 Å². The molecule has 0 aromatic rings. The second-order valence-electron chi connectivity index (χ2n) is 4.37. The van der Waals surface area contributed by atoms with Crippen LogP contribution >= 0.6 is 0 Å². The number of carbonyl (C=O) groups is 2. The molecule has 0 heterocycles. The van der Waals surface area contributed by atoms with Gasteiger partial charge in [0, 0.05) is 12.0 Å². The highest BCUT2D eigenvalue weighted by Gasteiger charge is 2.27. The normalized spacial score (nSPS) is 25.6. The van der Waals surface area contributed by atoms with Gasteiger partial charge >= 0.3 is 5.97 Å². The molecule has 0 radical (unpaired) electrons. The van der Waals surface area contributed by atoms with E-state index in [0.29, 0.717) is 6.42 Å². The number of aldehydes is 1. The van der Waals surface area contributed by atoms with E-state index in [2.05, 4.69) is 6.92 Å². The van der Waals surface area contributed by atoms with Crippen molar-refractivity contribution in [3.05, 3.63) is 11.6 Å². The molecule has 3 nitrogen and oxygen atoms in total. The third-order valence-corrected chi connectivity index (χ3v) is 3.00. The Bertz CT molecular complexity index is 281. The third-order valence-electron chi connectivity index (χ3n) is 3.00. The van der Waals surface area contributed by atoms with Gasteiger partial charge in [0.05, 0.1) is 7.11 Å². The maximum Gasteiger partial charge on any atom is 0.333 e. The molecule has 84 valence electrons. The van der Waals surface area contributed by atoms with Crippen molar-refractivity contribution >= 4 is 12.3 Å². The van der Waals surface area contributed by atoms with Gasteiger partial charge in [-0.15, -0.1) is 0 Å². The number of hydrogen-bond donors (Lipinski definition) is 0. The van der Waals surface area contributed by atoms with Crippen LogP contribution in [0, 0.1) is 5.41 Å². The van der Waals surface area contributed by atoms with Crippen LogP contribution in [0.2, 0.25) is 0 Å². The van der Waals surface area contributed by atoms with Crippen LogP contribution in [0.4, 0.5) is 0 Å². The van der Waals surface area contributed by atoms with Crippen LogP contribution in [-0.2, 0) is 14.3 Å². The van der Waals surface area contributed by atoms with Gasteiger partial charge in [0.25, 0.3) is 0 Å². The molecule has 0 saturated carbocycles. The fourth-order valence-electron chi connectivity index (χ4n) is 2.13. The maximum absolute atomic E-state index is 11.4. The van der Waals surface area contributed by atoms with Crippen molar-refractivity contribution in [1.29, 1.82) is 0 Å². The molecule has 0 bridgehead atoms. The van der Waals surface area contributed by atoms with Crippen LogP contribution in [0.15, 0.2) is 11.6 Å². The number of ether oxygens (including phenoxy) is 1. The number of esters is 1. The van der Waals surface area contributed by atoms with E-state index >= 15 is 0 Å². The Morgan fingerprint density at radius 2 is 2.40 bits per heavy atom. The standard InChI is InChI=1S/C12H18O3/c1-12(7-4-8-13)6-3-5-10(9-12)11(14)15-2/h8-9H,3-7H2,1-2H3. The zero-order chi connectivity index (χ0) is 11.3. The Balaban J connectivity index is 2.74. The molecule has 0 saturated heterocycles. The Morgan fingerprint density at radius 3 is 3.00 bits per heavy atom. The van der Waals surface area contributed by atoms with Crippen molar-refractivity contribution in [1.82, 2.24) is 0 Å².